The predicted octanol–water partition coefficient (Wildman–Crippen LogP) is 1.32. The molecule has 0 aromatic heterocycles. The van der Waals surface area contributed by atoms with Crippen LogP contribution in [0.3, 0.4) is 0 Å². The monoisotopic (exact) mass is 295 g/mol. The molecule has 0 aliphatic rings. The maximum Gasteiger partial charge on any atom is 0.314 e. The summed E-state index contributed by atoms with van der Waals surface area (Å²) >= 11 is 0. The average molecular weight is 295 g/mol. The number of nitrogens with one attached hydrogen (secondary N) is 2. The fourth-order valence-corrected chi connectivity index (χ4v) is 1.72. The van der Waals surface area contributed by atoms with Crippen LogP contribution in [-0.2, 0) is 0 Å². The molecule has 1 rings (SSSR count). The van der Waals surface area contributed by atoms with Crippen LogP contribution >= 0.6 is 0 Å². The van der Waals surface area contributed by atoms with Crippen molar-refractivity contribution in [2.24, 2.45) is 0 Å². The molecule has 21 heavy (non-hydrogen) atoms. The number of methoxy groups -OCH3 is 1. The van der Waals surface area contributed by atoms with E-state index in [1.54, 1.807) is 7.11 Å². The quantitative estimate of drug-likeness (QED) is 0.675. The van der Waals surface area contributed by atoms with E-state index < -0.39 is 0 Å². The van der Waals surface area contributed by atoms with Gasteiger partial charge in [0, 0.05) is 6.54 Å². The van der Waals surface area contributed by atoms with Gasteiger partial charge >= 0.3 is 6.03 Å². The zero-order chi connectivity index (χ0) is 15.5. The Balaban J connectivity index is 2.12. The van der Waals surface area contributed by atoms with Gasteiger partial charge in [0.15, 0.2) is 11.5 Å². The largest absolute Gasteiger partial charge is 0.493 e. The topological polar surface area (TPSA) is 62.8 Å². The first-order valence-corrected chi connectivity index (χ1v) is 7.05. The van der Waals surface area contributed by atoms with E-state index >= 15 is 0 Å². The lowest BCUT2D eigenvalue weighted by Crippen LogP contribution is -2.38. The Hall–Kier alpha value is -1.95. The van der Waals surface area contributed by atoms with Gasteiger partial charge in [-0.15, -0.1) is 0 Å². The van der Waals surface area contributed by atoms with Crippen LogP contribution in [0.15, 0.2) is 24.3 Å². The molecule has 0 radical (unpaired) electrons. The van der Waals surface area contributed by atoms with Crippen LogP contribution in [0.5, 0.6) is 11.5 Å². The number of benzene rings is 1. The highest BCUT2D eigenvalue weighted by Gasteiger charge is 2.03. The second kappa shape index (κ2) is 9.88. The van der Waals surface area contributed by atoms with Gasteiger partial charge in [-0.1, -0.05) is 12.1 Å². The number of urea groups is 1. The Bertz CT molecular complexity index is 424. The molecule has 0 spiro atoms. The fourth-order valence-electron chi connectivity index (χ4n) is 1.72. The summed E-state index contributed by atoms with van der Waals surface area (Å²) in [7, 11) is 5.62. The molecule has 2 N–H and O–H groups in total. The van der Waals surface area contributed by atoms with Gasteiger partial charge in [0.2, 0.25) is 0 Å². The highest BCUT2D eigenvalue weighted by molar-refractivity contribution is 5.73. The van der Waals surface area contributed by atoms with Crippen LogP contribution in [-0.4, -0.2) is 58.4 Å². The summed E-state index contributed by atoms with van der Waals surface area (Å²) in [6.07, 6.45) is 0.929. The summed E-state index contributed by atoms with van der Waals surface area (Å²) < 4.78 is 10.7. The van der Waals surface area contributed by atoms with Crippen LogP contribution in [0.1, 0.15) is 6.42 Å². The van der Waals surface area contributed by atoms with Gasteiger partial charge < -0.3 is 25.0 Å². The van der Waals surface area contributed by atoms with Gasteiger partial charge in [0.1, 0.15) is 6.61 Å². The molecule has 1 aromatic carbocycles. The number of amides is 2. The van der Waals surface area contributed by atoms with Crippen LogP contribution in [0.25, 0.3) is 0 Å². The summed E-state index contributed by atoms with van der Waals surface area (Å²) in [6, 6.07) is 7.26. The molecule has 0 saturated heterocycles. The minimum Gasteiger partial charge on any atom is -0.493 e. The lowest BCUT2D eigenvalue weighted by molar-refractivity contribution is 0.235. The molecular weight excluding hydrogens is 270 g/mol. The third kappa shape index (κ3) is 7.41. The number of carbonyl (C=O) groups is 1. The van der Waals surface area contributed by atoms with Crippen molar-refractivity contribution in [2.75, 3.05) is 47.4 Å². The normalized spacial score (nSPS) is 10.3. The molecule has 0 unspecified atom stereocenters. The third-order valence-electron chi connectivity index (χ3n) is 2.78. The lowest BCUT2D eigenvalue weighted by Gasteiger charge is -2.12. The number of nitrogens with zero attached hydrogens (tertiary/aromatic N) is 1. The van der Waals surface area contributed by atoms with Crippen LogP contribution in [0.2, 0.25) is 0 Å². The van der Waals surface area contributed by atoms with Gasteiger partial charge in [-0.3, -0.25) is 0 Å². The van der Waals surface area contributed by atoms with E-state index in [1.807, 2.05) is 38.4 Å². The van der Waals surface area contributed by atoms with E-state index in [4.69, 9.17) is 9.47 Å². The predicted molar refractivity (Wildman–Crippen MR) is 83.1 cm³/mol. The van der Waals surface area contributed by atoms with Crippen molar-refractivity contribution in [3.63, 3.8) is 0 Å². The first-order valence-electron chi connectivity index (χ1n) is 7.05. The first-order chi connectivity index (χ1) is 10.1. The summed E-state index contributed by atoms with van der Waals surface area (Å²) in [5.41, 5.74) is 0. The Kier molecular flexibility index (Phi) is 8.04. The highest BCUT2D eigenvalue weighted by atomic mass is 16.5. The Morgan fingerprint density at radius 1 is 1.14 bits per heavy atom. The van der Waals surface area contributed by atoms with Crippen molar-refractivity contribution in [1.29, 1.82) is 0 Å². The molecule has 6 nitrogen and oxygen atoms in total. The Morgan fingerprint density at radius 2 is 1.81 bits per heavy atom. The minimum absolute atomic E-state index is 0.169. The molecule has 0 saturated carbocycles. The van der Waals surface area contributed by atoms with Crippen molar-refractivity contribution in [1.82, 2.24) is 15.5 Å². The second-order valence-electron chi connectivity index (χ2n) is 4.84. The summed E-state index contributed by atoms with van der Waals surface area (Å²) in [5.74, 6) is 1.36. The molecule has 0 atom stereocenters. The first kappa shape index (κ1) is 17.1. The van der Waals surface area contributed by atoms with Gasteiger partial charge in [-0.05, 0) is 39.2 Å². The number of hydrogen-bond donors (Lipinski definition) is 2. The van der Waals surface area contributed by atoms with E-state index in [1.165, 1.54) is 0 Å². The van der Waals surface area contributed by atoms with Crippen LogP contribution in [0, 0.1) is 0 Å². The maximum absolute atomic E-state index is 11.5. The lowest BCUT2D eigenvalue weighted by atomic mass is 10.3. The zero-order valence-electron chi connectivity index (χ0n) is 13.0. The Labute approximate surface area is 126 Å². The van der Waals surface area contributed by atoms with Gasteiger partial charge in [0.05, 0.1) is 13.7 Å². The molecule has 0 heterocycles. The number of rotatable bonds is 9. The summed E-state index contributed by atoms with van der Waals surface area (Å²) in [6.45, 7) is 2.46. The molecule has 0 aliphatic heterocycles. The summed E-state index contributed by atoms with van der Waals surface area (Å²) in [4.78, 5) is 13.6. The smallest absolute Gasteiger partial charge is 0.314 e. The molecule has 2 amide bonds. The molecule has 0 fully saturated rings. The Morgan fingerprint density at radius 3 is 2.48 bits per heavy atom. The fraction of sp³-hybridized carbons (Fsp3) is 0.533. The molecular formula is C15H25N3O3. The molecule has 118 valence electrons. The van der Waals surface area contributed by atoms with E-state index in [0.717, 1.165) is 13.0 Å². The third-order valence-corrected chi connectivity index (χ3v) is 2.78. The van der Waals surface area contributed by atoms with Crippen LogP contribution < -0.4 is 20.1 Å². The van der Waals surface area contributed by atoms with Gasteiger partial charge in [-0.2, -0.15) is 0 Å². The van der Waals surface area contributed by atoms with Crippen molar-refractivity contribution in [3.8, 4) is 11.5 Å². The highest BCUT2D eigenvalue weighted by Crippen LogP contribution is 2.25. The maximum atomic E-state index is 11.5. The molecule has 0 aliphatic carbocycles. The van der Waals surface area contributed by atoms with Crippen LogP contribution in [0.4, 0.5) is 4.79 Å². The second-order valence-corrected chi connectivity index (χ2v) is 4.84. The van der Waals surface area contributed by atoms with E-state index in [2.05, 4.69) is 15.5 Å². The average Bonchev–Trinajstić information content (AvgIpc) is 2.48. The number of carbonyl (C=O) groups excluding carboxylic acids is 1. The number of ether oxygens (including phenoxy) is 2. The van der Waals surface area contributed by atoms with Crippen molar-refractivity contribution < 1.29 is 14.3 Å². The van der Waals surface area contributed by atoms with Crippen molar-refractivity contribution in [3.05, 3.63) is 24.3 Å². The SMILES string of the molecule is COc1ccccc1OCCNC(=O)NCCCN(C)C. The molecule has 0 bridgehead atoms. The summed E-state index contributed by atoms with van der Waals surface area (Å²) in [5, 5.41) is 5.55. The standard InChI is InChI=1S/C15H25N3O3/c1-18(2)11-6-9-16-15(19)17-10-12-21-14-8-5-4-7-13(14)20-3/h4-5,7-8H,6,9-12H2,1-3H3,(H2,16,17,19). The molecule has 6 heteroatoms. The number of hydrogen-bond acceptors (Lipinski definition) is 4. The van der Waals surface area contributed by atoms with E-state index in [0.29, 0.717) is 31.2 Å². The van der Waals surface area contributed by atoms with E-state index in [-0.39, 0.29) is 6.03 Å². The van der Waals surface area contributed by atoms with Crippen molar-refractivity contribution >= 4 is 6.03 Å². The zero-order valence-corrected chi connectivity index (χ0v) is 13.0. The van der Waals surface area contributed by atoms with E-state index in [9.17, 15) is 4.79 Å². The number of para-hydroxylation sites is 2. The molecule has 1 aromatic rings. The van der Waals surface area contributed by atoms with Gasteiger partial charge in [0.25, 0.3) is 0 Å². The van der Waals surface area contributed by atoms with Gasteiger partial charge in [-0.25, -0.2) is 4.79 Å². The minimum atomic E-state index is -0.169. The van der Waals surface area contributed by atoms with Crippen molar-refractivity contribution in [2.45, 2.75) is 6.42 Å².